The molecule has 5 heteroatoms. The minimum atomic E-state index is -1.16. The Balaban J connectivity index is 1.38. The number of Topliss-reactive ketones (excluding diaryl/α,β-unsaturated/α-hetero) is 1. The minimum absolute atomic E-state index is 0.0395. The Morgan fingerprint density at radius 2 is 1.54 bits per heavy atom. The van der Waals surface area contributed by atoms with E-state index in [1.165, 1.54) is 12.8 Å². The largest absolute Gasteiger partial charge is 0.388 e. The van der Waals surface area contributed by atoms with E-state index in [1.54, 1.807) is 5.57 Å². The molecular formula is C36H58O5. The highest BCUT2D eigenvalue weighted by Crippen LogP contribution is 2.76. The average molecular weight is 571 g/mol. The molecule has 0 aromatic carbocycles. The Labute approximate surface area is 248 Å². The van der Waals surface area contributed by atoms with Crippen LogP contribution in [0, 0.1) is 50.2 Å². The number of ketones is 1. The van der Waals surface area contributed by atoms with Crippen molar-refractivity contribution in [1.82, 2.24) is 0 Å². The second-order valence-electron chi connectivity index (χ2n) is 17.8. The molecule has 5 nitrogen and oxygen atoms in total. The summed E-state index contributed by atoms with van der Waals surface area (Å²) in [7, 11) is 0. The zero-order valence-corrected chi connectivity index (χ0v) is 27.1. The van der Waals surface area contributed by atoms with Gasteiger partial charge in [-0.05, 0) is 116 Å². The normalized spacial score (nSPS) is 54.2. The maximum absolute atomic E-state index is 13.1. The van der Waals surface area contributed by atoms with E-state index in [9.17, 15) is 20.1 Å². The lowest BCUT2D eigenvalue weighted by molar-refractivity contribution is -0.231. The molecule has 0 spiro atoms. The third-order valence-corrected chi connectivity index (χ3v) is 15.1. The van der Waals surface area contributed by atoms with Crippen LogP contribution >= 0.6 is 0 Å². The van der Waals surface area contributed by atoms with Crippen LogP contribution in [0.1, 0.15) is 126 Å². The van der Waals surface area contributed by atoms with Gasteiger partial charge in [-0.3, -0.25) is 4.79 Å². The van der Waals surface area contributed by atoms with Crippen LogP contribution in [0.5, 0.6) is 0 Å². The van der Waals surface area contributed by atoms with E-state index in [-0.39, 0.29) is 32.5 Å². The van der Waals surface area contributed by atoms with Crippen LogP contribution in [0.3, 0.4) is 0 Å². The van der Waals surface area contributed by atoms with Gasteiger partial charge in [0.25, 0.3) is 0 Å². The van der Waals surface area contributed by atoms with Gasteiger partial charge in [0.2, 0.25) is 0 Å². The van der Waals surface area contributed by atoms with E-state index in [0.717, 1.165) is 57.8 Å². The van der Waals surface area contributed by atoms with Gasteiger partial charge >= 0.3 is 0 Å². The maximum atomic E-state index is 13.1. The lowest BCUT2D eigenvalue weighted by atomic mass is 9.33. The van der Waals surface area contributed by atoms with E-state index in [2.05, 4.69) is 54.5 Å². The molecule has 5 aliphatic carbocycles. The number of aliphatic hydroxyl groups is 3. The van der Waals surface area contributed by atoms with Crippen molar-refractivity contribution in [2.75, 3.05) is 0 Å². The molecule has 6 rings (SSSR count). The second kappa shape index (κ2) is 9.38. The van der Waals surface area contributed by atoms with Crippen molar-refractivity contribution in [3.8, 4) is 0 Å². The summed E-state index contributed by atoms with van der Waals surface area (Å²) in [5.74, 6) is 1.94. The molecule has 5 unspecified atom stereocenters. The van der Waals surface area contributed by atoms with Crippen molar-refractivity contribution in [2.24, 2.45) is 50.2 Å². The molecule has 1 heterocycles. The molecule has 1 saturated heterocycles. The fourth-order valence-electron chi connectivity index (χ4n) is 12.2. The van der Waals surface area contributed by atoms with Gasteiger partial charge in [-0.2, -0.15) is 0 Å². The average Bonchev–Trinajstić information content (AvgIpc) is 2.89. The Bertz CT molecular complexity index is 1110. The topological polar surface area (TPSA) is 87.0 Å². The van der Waals surface area contributed by atoms with Crippen LogP contribution in [-0.2, 0) is 9.53 Å². The molecule has 4 saturated carbocycles. The molecule has 3 N–H and O–H groups in total. The minimum Gasteiger partial charge on any atom is -0.388 e. The molecule has 0 bridgehead atoms. The van der Waals surface area contributed by atoms with E-state index in [4.69, 9.17) is 4.74 Å². The Kier molecular flexibility index (Phi) is 6.93. The first-order chi connectivity index (χ1) is 18.9. The molecule has 1 aliphatic heterocycles. The van der Waals surface area contributed by atoms with Crippen LogP contribution in [0.25, 0.3) is 0 Å². The van der Waals surface area contributed by atoms with Crippen LogP contribution < -0.4 is 0 Å². The highest BCUT2D eigenvalue weighted by molar-refractivity contribution is 5.85. The standard InChI is InChI=1S/C36H58O5/c1-21-28(38)30(40)29(39)24(41-21)20-36-17-15-31(2,3)19-23(36)22-9-10-26-33(6)13-12-27(37)32(4,5)25(33)11-14-35(26,8)34(22,7)16-18-36/h9,21,23-26,28-30,38-40H,10-20H2,1-8H3/t21?,23?,24-,25?,26?,28-,29?,30-,33-,34+,35+,36+/m0/s1. The van der Waals surface area contributed by atoms with E-state index >= 15 is 0 Å². The molecule has 0 radical (unpaired) electrons. The summed E-state index contributed by atoms with van der Waals surface area (Å²) in [6, 6.07) is 0. The smallest absolute Gasteiger partial charge is 0.138 e. The van der Waals surface area contributed by atoms with Gasteiger partial charge in [0.1, 0.15) is 24.1 Å². The number of hydrogen-bond acceptors (Lipinski definition) is 5. The number of hydrogen-bond donors (Lipinski definition) is 3. The molecule has 0 aromatic heterocycles. The van der Waals surface area contributed by atoms with Crippen LogP contribution in [0.4, 0.5) is 0 Å². The third-order valence-electron chi connectivity index (χ3n) is 15.1. The monoisotopic (exact) mass is 570 g/mol. The van der Waals surface area contributed by atoms with Crippen molar-refractivity contribution in [3.63, 3.8) is 0 Å². The second-order valence-corrected chi connectivity index (χ2v) is 17.8. The molecule has 41 heavy (non-hydrogen) atoms. The summed E-state index contributed by atoms with van der Waals surface area (Å²) >= 11 is 0. The fourth-order valence-corrected chi connectivity index (χ4v) is 12.2. The zero-order valence-electron chi connectivity index (χ0n) is 27.1. The van der Waals surface area contributed by atoms with Crippen molar-refractivity contribution < 1.29 is 24.9 Å². The molecular weight excluding hydrogens is 512 g/mol. The van der Waals surface area contributed by atoms with Crippen LogP contribution in [0.2, 0.25) is 0 Å². The highest BCUT2D eigenvalue weighted by Gasteiger charge is 2.68. The first-order valence-corrected chi connectivity index (χ1v) is 16.9. The molecule has 12 atom stereocenters. The number of allylic oxidation sites excluding steroid dienone is 2. The number of fused-ring (bicyclic) bond motifs is 7. The zero-order chi connectivity index (χ0) is 30.0. The third kappa shape index (κ3) is 4.10. The van der Waals surface area contributed by atoms with Gasteiger partial charge in [-0.15, -0.1) is 0 Å². The molecule has 232 valence electrons. The SMILES string of the molecule is CC1O[C@@H](C[C@]23CCC(C)(C)CC2C2=CCC4[C@@]5(C)CCC(=O)C(C)(C)C5CC[C@@]4(C)[C@]2(C)CC3)C(O)[C@@H](O)[C@H]1O. The predicted octanol–water partition coefficient (Wildman–Crippen LogP) is 6.62. The molecule has 6 aliphatic rings. The summed E-state index contributed by atoms with van der Waals surface area (Å²) in [5.41, 5.74) is 2.24. The van der Waals surface area contributed by atoms with Crippen molar-refractivity contribution in [1.29, 1.82) is 0 Å². The summed E-state index contributed by atoms with van der Waals surface area (Å²) in [6.07, 6.45) is 10.1. The highest BCUT2D eigenvalue weighted by atomic mass is 16.5. The Morgan fingerprint density at radius 1 is 0.854 bits per heavy atom. The van der Waals surface area contributed by atoms with Crippen LogP contribution in [0.15, 0.2) is 11.6 Å². The van der Waals surface area contributed by atoms with Gasteiger partial charge in [0.05, 0.1) is 12.2 Å². The Hall–Kier alpha value is -0.750. The van der Waals surface area contributed by atoms with Gasteiger partial charge in [0, 0.05) is 11.8 Å². The molecule has 0 amide bonds. The molecule has 5 fully saturated rings. The van der Waals surface area contributed by atoms with Gasteiger partial charge in [-0.1, -0.05) is 60.1 Å². The molecule has 0 aromatic rings. The maximum Gasteiger partial charge on any atom is 0.138 e. The Morgan fingerprint density at radius 3 is 2.24 bits per heavy atom. The van der Waals surface area contributed by atoms with E-state index in [0.29, 0.717) is 23.5 Å². The van der Waals surface area contributed by atoms with E-state index < -0.39 is 30.5 Å². The van der Waals surface area contributed by atoms with E-state index in [1.807, 2.05) is 6.92 Å². The summed E-state index contributed by atoms with van der Waals surface area (Å²) in [6.45, 7) is 18.9. The fraction of sp³-hybridized carbons (Fsp3) is 0.917. The van der Waals surface area contributed by atoms with Gasteiger partial charge in [-0.25, -0.2) is 0 Å². The quantitative estimate of drug-likeness (QED) is 0.325. The van der Waals surface area contributed by atoms with Crippen molar-refractivity contribution in [3.05, 3.63) is 11.6 Å². The predicted molar refractivity (Wildman–Crippen MR) is 161 cm³/mol. The van der Waals surface area contributed by atoms with Crippen molar-refractivity contribution in [2.45, 2.75) is 157 Å². The number of rotatable bonds is 2. The summed E-state index contributed by atoms with van der Waals surface area (Å²) in [5, 5.41) is 32.0. The number of carbonyl (C=O) groups is 1. The number of carbonyl (C=O) groups excluding carboxylic acids is 1. The summed E-state index contributed by atoms with van der Waals surface area (Å²) < 4.78 is 6.24. The lowest BCUT2D eigenvalue weighted by Gasteiger charge is -2.71. The van der Waals surface area contributed by atoms with Gasteiger partial charge in [0.15, 0.2) is 0 Å². The van der Waals surface area contributed by atoms with Crippen molar-refractivity contribution >= 4 is 5.78 Å². The first-order valence-electron chi connectivity index (χ1n) is 16.9. The summed E-state index contributed by atoms with van der Waals surface area (Å²) in [4.78, 5) is 13.1. The van der Waals surface area contributed by atoms with Gasteiger partial charge < -0.3 is 20.1 Å². The first kappa shape index (κ1) is 30.3. The number of aliphatic hydroxyl groups excluding tert-OH is 3. The van der Waals surface area contributed by atoms with Crippen LogP contribution in [-0.4, -0.2) is 51.6 Å². The number of ether oxygens (including phenoxy) is 1. The lowest BCUT2D eigenvalue weighted by Crippen LogP contribution is -2.64.